The molecule has 21 heavy (non-hydrogen) atoms. The molecule has 128 valence electrons. The van der Waals surface area contributed by atoms with Crippen molar-refractivity contribution in [1.29, 1.82) is 0 Å². The third-order valence-electron chi connectivity index (χ3n) is 5.06. The van der Waals surface area contributed by atoms with Crippen LogP contribution in [0.15, 0.2) is 0 Å². The van der Waals surface area contributed by atoms with E-state index in [-0.39, 0.29) is 0 Å². The second-order valence-electron chi connectivity index (χ2n) is 7.99. The summed E-state index contributed by atoms with van der Waals surface area (Å²) in [5.41, 5.74) is 0.660. The van der Waals surface area contributed by atoms with Crippen molar-refractivity contribution < 1.29 is 0 Å². The van der Waals surface area contributed by atoms with Gasteiger partial charge in [0.25, 0.3) is 0 Å². The first-order chi connectivity index (χ1) is 9.81. The van der Waals surface area contributed by atoms with Crippen LogP contribution in [0.2, 0.25) is 0 Å². The molecule has 0 amide bonds. The molecule has 0 saturated carbocycles. The quantitative estimate of drug-likeness (QED) is 0.338. The van der Waals surface area contributed by atoms with Gasteiger partial charge >= 0.3 is 0 Å². The average Bonchev–Trinajstić information content (AvgIpc) is 2.40. The predicted octanol–water partition coefficient (Wildman–Crippen LogP) is 6.81. The summed E-state index contributed by atoms with van der Waals surface area (Å²) in [5, 5.41) is 0. The molecule has 0 aliphatic heterocycles. The molecule has 0 unspecified atom stereocenters. The van der Waals surface area contributed by atoms with Gasteiger partial charge in [0.05, 0.1) is 0 Å². The standard InChI is InChI=1S/C20H43N/c1-8-11-13-15-17-19(4,5)21(10-3)20(6,7)18-16-14-12-9-2/h8-18H2,1-7H3. The van der Waals surface area contributed by atoms with Gasteiger partial charge in [-0.25, -0.2) is 0 Å². The molecule has 0 aliphatic carbocycles. The van der Waals surface area contributed by atoms with E-state index < -0.39 is 0 Å². The second-order valence-corrected chi connectivity index (χ2v) is 7.99. The number of nitrogens with zero attached hydrogens (tertiary/aromatic N) is 1. The molecule has 0 spiro atoms. The average molecular weight is 298 g/mol. The van der Waals surface area contributed by atoms with Crippen molar-refractivity contribution >= 4 is 0 Å². The lowest BCUT2D eigenvalue weighted by molar-refractivity contribution is 0.00818. The fraction of sp³-hybridized carbons (Fsp3) is 1.00. The van der Waals surface area contributed by atoms with Crippen LogP contribution in [0, 0.1) is 0 Å². The Labute approximate surface area is 135 Å². The summed E-state index contributed by atoms with van der Waals surface area (Å²) >= 11 is 0. The Morgan fingerprint density at radius 1 is 0.571 bits per heavy atom. The van der Waals surface area contributed by atoms with Crippen molar-refractivity contribution in [2.24, 2.45) is 0 Å². The summed E-state index contributed by atoms with van der Waals surface area (Å²) in [7, 11) is 0. The molecule has 0 rings (SSSR count). The molecule has 0 aromatic heterocycles. The van der Waals surface area contributed by atoms with Crippen LogP contribution in [0.1, 0.15) is 113 Å². The van der Waals surface area contributed by atoms with Crippen molar-refractivity contribution in [3.63, 3.8) is 0 Å². The van der Waals surface area contributed by atoms with Gasteiger partial charge in [-0.2, -0.15) is 0 Å². The zero-order chi connectivity index (χ0) is 16.4. The Morgan fingerprint density at radius 3 is 1.24 bits per heavy atom. The lowest BCUT2D eigenvalue weighted by Crippen LogP contribution is -2.55. The number of hydrogen-bond donors (Lipinski definition) is 0. The molecule has 0 fully saturated rings. The smallest absolute Gasteiger partial charge is 0.0158 e. The topological polar surface area (TPSA) is 3.24 Å². The molecule has 1 heteroatoms. The van der Waals surface area contributed by atoms with Gasteiger partial charge in [0, 0.05) is 11.1 Å². The van der Waals surface area contributed by atoms with E-state index in [0.29, 0.717) is 11.1 Å². The summed E-state index contributed by atoms with van der Waals surface area (Å²) in [6, 6.07) is 0. The van der Waals surface area contributed by atoms with Crippen LogP contribution in [0.3, 0.4) is 0 Å². The van der Waals surface area contributed by atoms with E-state index in [1.165, 1.54) is 70.8 Å². The number of unbranched alkanes of at least 4 members (excludes halogenated alkanes) is 6. The highest BCUT2D eigenvalue weighted by Crippen LogP contribution is 2.32. The fourth-order valence-electron chi connectivity index (χ4n) is 3.91. The lowest BCUT2D eigenvalue weighted by atomic mass is 9.85. The first kappa shape index (κ1) is 21.0. The number of hydrogen-bond acceptors (Lipinski definition) is 1. The molecule has 0 bridgehead atoms. The Hall–Kier alpha value is -0.0400. The minimum absolute atomic E-state index is 0.330. The Kier molecular flexibility index (Phi) is 10.6. The minimum atomic E-state index is 0.330. The van der Waals surface area contributed by atoms with Crippen LogP contribution < -0.4 is 0 Å². The van der Waals surface area contributed by atoms with Crippen LogP contribution in [0.25, 0.3) is 0 Å². The maximum Gasteiger partial charge on any atom is 0.0158 e. The first-order valence-electron chi connectivity index (χ1n) is 9.59. The van der Waals surface area contributed by atoms with E-state index >= 15 is 0 Å². The monoisotopic (exact) mass is 297 g/mol. The Morgan fingerprint density at radius 2 is 0.952 bits per heavy atom. The van der Waals surface area contributed by atoms with Crippen LogP contribution in [-0.2, 0) is 0 Å². The van der Waals surface area contributed by atoms with Gasteiger partial charge < -0.3 is 0 Å². The van der Waals surface area contributed by atoms with Gasteiger partial charge in [-0.05, 0) is 47.1 Å². The van der Waals surface area contributed by atoms with E-state index in [2.05, 4.69) is 53.4 Å². The molecule has 0 aromatic carbocycles. The zero-order valence-electron chi connectivity index (χ0n) is 16.2. The van der Waals surface area contributed by atoms with Gasteiger partial charge in [-0.1, -0.05) is 72.1 Å². The molecule has 0 saturated heterocycles. The van der Waals surface area contributed by atoms with Gasteiger partial charge in [0.15, 0.2) is 0 Å². The third kappa shape index (κ3) is 8.24. The second kappa shape index (κ2) is 10.6. The first-order valence-corrected chi connectivity index (χ1v) is 9.59. The van der Waals surface area contributed by atoms with E-state index in [0.717, 1.165) is 0 Å². The molecular formula is C20H43N. The zero-order valence-corrected chi connectivity index (χ0v) is 16.2. The summed E-state index contributed by atoms with van der Waals surface area (Å²) in [4.78, 5) is 2.76. The third-order valence-corrected chi connectivity index (χ3v) is 5.06. The molecule has 0 heterocycles. The van der Waals surface area contributed by atoms with Gasteiger partial charge in [-0.3, -0.25) is 4.90 Å². The van der Waals surface area contributed by atoms with E-state index in [9.17, 15) is 0 Å². The van der Waals surface area contributed by atoms with Gasteiger partial charge in [0.2, 0.25) is 0 Å². The van der Waals surface area contributed by atoms with Crippen LogP contribution in [0.5, 0.6) is 0 Å². The summed E-state index contributed by atoms with van der Waals surface area (Å²) in [5.74, 6) is 0. The maximum absolute atomic E-state index is 2.76. The lowest BCUT2D eigenvalue weighted by Gasteiger charge is -2.49. The van der Waals surface area contributed by atoms with Gasteiger partial charge in [-0.15, -0.1) is 0 Å². The van der Waals surface area contributed by atoms with Crippen molar-refractivity contribution in [2.45, 2.75) is 124 Å². The molecule has 0 atom stereocenters. The molecule has 0 aliphatic rings. The van der Waals surface area contributed by atoms with Crippen LogP contribution >= 0.6 is 0 Å². The van der Waals surface area contributed by atoms with E-state index in [4.69, 9.17) is 0 Å². The van der Waals surface area contributed by atoms with Crippen molar-refractivity contribution in [3.05, 3.63) is 0 Å². The van der Waals surface area contributed by atoms with E-state index in [1.807, 2.05) is 0 Å². The Bertz CT molecular complexity index is 218. The van der Waals surface area contributed by atoms with Crippen LogP contribution in [-0.4, -0.2) is 22.5 Å². The Balaban J connectivity index is 4.46. The van der Waals surface area contributed by atoms with Crippen molar-refractivity contribution in [2.75, 3.05) is 6.54 Å². The molecular weight excluding hydrogens is 254 g/mol. The normalized spacial score (nSPS) is 13.1. The predicted molar refractivity (Wildman–Crippen MR) is 98.1 cm³/mol. The summed E-state index contributed by atoms with van der Waals surface area (Å²) in [6.07, 6.45) is 13.7. The SMILES string of the molecule is CCCCCCC(C)(C)N(CC)C(C)(C)CCCCCC. The molecule has 0 N–H and O–H groups in total. The molecule has 0 radical (unpaired) electrons. The highest BCUT2D eigenvalue weighted by molar-refractivity contribution is 4.91. The van der Waals surface area contributed by atoms with Crippen molar-refractivity contribution in [1.82, 2.24) is 4.90 Å². The minimum Gasteiger partial charge on any atom is -0.293 e. The van der Waals surface area contributed by atoms with Crippen molar-refractivity contribution in [3.8, 4) is 0 Å². The maximum atomic E-state index is 2.76. The highest BCUT2D eigenvalue weighted by atomic mass is 15.2. The summed E-state index contributed by atoms with van der Waals surface area (Å²) < 4.78 is 0. The largest absolute Gasteiger partial charge is 0.293 e. The molecule has 0 aromatic rings. The number of rotatable bonds is 13. The molecule has 1 nitrogen and oxygen atoms in total. The van der Waals surface area contributed by atoms with Crippen LogP contribution in [0.4, 0.5) is 0 Å². The highest BCUT2D eigenvalue weighted by Gasteiger charge is 2.35. The van der Waals surface area contributed by atoms with Gasteiger partial charge in [0.1, 0.15) is 0 Å². The summed E-state index contributed by atoms with van der Waals surface area (Å²) in [6.45, 7) is 17.9. The van der Waals surface area contributed by atoms with E-state index in [1.54, 1.807) is 0 Å². The fourth-order valence-corrected chi connectivity index (χ4v) is 3.91.